The van der Waals surface area contributed by atoms with Crippen LogP contribution in [0, 0.1) is 0 Å². The van der Waals surface area contributed by atoms with Gasteiger partial charge in [-0.1, -0.05) is 6.92 Å². The minimum Gasteiger partial charge on any atom is -0.303 e. The van der Waals surface area contributed by atoms with Crippen LogP contribution in [0.4, 0.5) is 0 Å². The van der Waals surface area contributed by atoms with E-state index in [-0.39, 0.29) is 0 Å². The molecule has 1 aliphatic heterocycles. The molecule has 0 atom stereocenters. The van der Waals surface area contributed by atoms with Crippen LogP contribution >= 0.6 is 0 Å². The van der Waals surface area contributed by atoms with Crippen molar-refractivity contribution in [2.75, 3.05) is 33.7 Å². The van der Waals surface area contributed by atoms with Gasteiger partial charge in [-0.05, 0) is 27.1 Å². The van der Waals surface area contributed by atoms with E-state index in [1.165, 1.54) is 26.1 Å². The molecule has 2 nitrogen and oxygen atoms in total. The van der Waals surface area contributed by atoms with Crippen LogP contribution < -0.4 is 0 Å². The third-order valence-electron chi connectivity index (χ3n) is 2.24. The Kier molecular flexibility index (Phi) is 2.69. The second-order valence-corrected chi connectivity index (χ2v) is 3.36. The molecule has 0 aromatic rings. The van der Waals surface area contributed by atoms with Crippen LogP contribution in [0.1, 0.15) is 13.3 Å². The van der Waals surface area contributed by atoms with Gasteiger partial charge in [0.1, 0.15) is 0 Å². The van der Waals surface area contributed by atoms with Gasteiger partial charge in [-0.15, -0.1) is 0 Å². The van der Waals surface area contributed by atoms with Crippen LogP contribution in [0.5, 0.6) is 0 Å². The molecule has 1 fully saturated rings. The Morgan fingerprint density at radius 3 is 2.50 bits per heavy atom. The molecule has 0 spiro atoms. The molecule has 1 saturated heterocycles. The fourth-order valence-electron chi connectivity index (χ4n) is 1.48. The van der Waals surface area contributed by atoms with Gasteiger partial charge >= 0.3 is 0 Å². The molecule has 0 aliphatic carbocycles. The standard InChI is InChI=1S/C8H18N2/c1-4-5-10(3)8-6-9(2)7-8/h8H,4-7H2,1-3H3. The van der Waals surface area contributed by atoms with Gasteiger partial charge in [-0.3, -0.25) is 0 Å². The third kappa shape index (κ3) is 1.70. The van der Waals surface area contributed by atoms with Gasteiger partial charge < -0.3 is 9.80 Å². The summed E-state index contributed by atoms with van der Waals surface area (Å²) in [6, 6.07) is 0.838. The van der Waals surface area contributed by atoms with Crippen LogP contribution in [-0.2, 0) is 0 Å². The second-order valence-electron chi connectivity index (χ2n) is 3.36. The number of likely N-dealkylation sites (tertiary alicyclic amines) is 1. The van der Waals surface area contributed by atoms with Crippen LogP contribution in [0.2, 0.25) is 0 Å². The fraction of sp³-hybridized carbons (Fsp3) is 1.00. The van der Waals surface area contributed by atoms with E-state index < -0.39 is 0 Å². The van der Waals surface area contributed by atoms with Crippen molar-refractivity contribution in [3.8, 4) is 0 Å². The Labute approximate surface area is 63.8 Å². The highest BCUT2D eigenvalue weighted by Crippen LogP contribution is 2.10. The first-order valence-electron chi connectivity index (χ1n) is 4.12. The van der Waals surface area contributed by atoms with Gasteiger partial charge in [0.15, 0.2) is 0 Å². The van der Waals surface area contributed by atoms with E-state index in [0.29, 0.717) is 0 Å². The molecular weight excluding hydrogens is 124 g/mol. The summed E-state index contributed by atoms with van der Waals surface area (Å²) < 4.78 is 0. The number of rotatable bonds is 3. The zero-order valence-electron chi connectivity index (χ0n) is 7.30. The highest BCUT2D eigenvalue weighted by Gasteiger charge is 2.25. The van der Waals surface area contributed by atoms with Crippen molar-refractivity contribution in [2.45, 2.75) is 19.4 Å². The highest BCUT2D eigenvalue weighted by molar-refractivity contribution is 4.83. The lowest BCUT2D eigenvalue weighted by Crippen LogP contribution is -2.56. The summed E-state index contributed by atoms with van der Waals surface area (Å²) in [5, 5.41) is 0. The smallest absolute Gasteiger partial charge is 0.0347 e. The molecule has 0 radical (unpaired) electrons. The second kappa shape index (κ2) is 3.35. The summed E-state index contributed by atoms with van der Waals surface area (Å²) in [6.45, 7) is 6.00. The third-order valence-corrected chi connectivity index (χ3v) is 2.24. The minimum atomic E-state index is 0.838. The Morgan fingerprint density at radius 2 is 2.10 bits per heavy atom. The number of nitrogens with zero attached hydrogens (tertiary/aromatic N) is 2. The predicted molar refractivity (Wildman–Crippen MR) is 44.2 cm³/mol. The van der Waals surface area contributed by atoms with E-state index in [1.807, 2.05) is 0 Å². The van der Waals surface area contributed by atoms with Crippen molar-refractivity contribution in [1.82, 2.24) is 9.80 Å². The topological polar surface area (TPSA) is 6.48 Å². The van der Waals surface area contributed by atoms with Gasteiger partial charge in [0.25, 0.3) is 0 Å². The Hall–Kier alpha value is -0.0800. The zero-order valence-corrected chi connectivity index (χ0v) is 7.30. The number of likely N-dealkylation sites (N-methyl/N-ethyl adjacent to an activating group) is 2. The quantitative estimate of drug-likeness (QED) is 0.570. The zero-order chi connectivity index (χ0) is 7.56. The first-order chi connectivity index (χ1) is 4.74. The van der Waals surface area contributed by atoms with E-state index in [1.54, 1.807) is 0 Å². The minimum absolute atomic E-state index is 0.838. The maximum Gasteiger partial charge on any atom is 0.0347 e. The monoisotopic (exact) mass is 142 g/mol. The molecule has 0 saturated carbocycles. The summed E-state index contributed by atoms with van der Waals surface area (Å²) in [4.78, 5) is 4.82. The van der Waals surface area contributed by atoms with Gasteiger partial charge in [0.05, 0.1) is 0 Å². The maximum atomic E-state index is 2.46. The van der Waals surface area contributed by atoms with Crippen LogP contribution in [0.3, 0.4) is 0 Å². The molecule has 0 N–H and O–H groups in total. The SMILES string of the molecule is CCCN(C)C1CN(C)C1. The first kappa shape index (κ1) is 8.02. The molecule has 2 heteroatoms. The van der Waals surface area contributed by atoms with Crippen LogP contribution in [-0.4, -0.2) is 49.6 Å². The van der Waals surface area contributed by atoms with Gasteiger partial charge in [-0.25, -0.2) is 0 Å². The molecule has 10 heavy (non-hydrogen) atoms. The van der Waals surface area contributed by atoms with Crippen molar-refractivity contribution in [1.29, 1.82) is 0 Å². The van der Waals surface area contributed by atoms with Crippen molar-refractivity contribution in [3.05, 3.63) is 0 Å². The molecule has 0 aromatic carbocycles. The number of hydrogen-bond acceptors (Lipinski definition) is 2. The normalized spacial score (nSPS) is 21.6. The van der Waals surface area contributed by atoms with Crippen LogP contribution in [0.25, 0.3) is 0 Å². The maximum absolute atomic E-state index is 2.46. The molecule has 0 unspecified atom stereocenters. The lowest BCUT2D eigenvalue weighted by Gasteiger charge is -2.41. The Bertz CT molecular complexity index is 94.7. The van der Waals surface area contributed by atoms with Gasteiger partial charge in [-0.2, -0.15) is 0 Å². The van der Waals surface area contributed by atoms with E-state index in [0.717, 1.165) is 6.04 Å². The molecule has 1 aliphatic rings. The Balaban J connectivity index is 2.11. The molecule has 0 amide bonds. The van der Waals surface area contributed by atoms with Crippen molar-refractivity contribution >= 4 is 0 Å². The van der Waals surface area contributed by atoms with Gasteiger partial charge in [0.2, 0.25) is 0 Å². The van der Waals surface area contributed by atoms with Crippen molar-refractivity contribution in [3.63, 3.8) is 0 Å². The molecule has 1 heterocycles. The molecule has 0 aromatic heterocycles. The summed E-state index contributed by atoms with van der Waals surface area (Å²) in [5.74, 6) is 0. The average molecular weight is 142 g/mol. The lowest BCUT2D eigenvalue weighted by molar-refractivity contribution is 0.0707. The Morgan fingerprint density at radius 1 is 1.50 bits per heavy atom. The average Bonchev–Trinajstić information content (AvgIpc) is 1.82. The lowest BCUT2D eigenvalue weighted by atomic mass is 10.1. The van der Waals surface area contributed by atoms with E-state index in [4.69, 9.17) is 0 Å². The first-order valence-corrected chi connectivity index (χ1v) is 4.12. The fourth-order valence-corrected chi connectivity index (χ4v) is 1.48. The van der Waals surface area contributed by atoms with Crippen molar-refractivity contribution in [2.24, 2.45) is 0 Å². The molecule has 1 rings (SSSR count). The van der Waals surface area contributed by atoms with Gasteiger partial charge in [0, 0.05) is 19.1 Å². The van der Waals surface area contributed by atoms with E-state index >= 15 is 0 Å². The number of hydrogen-bond donors (Lipinski definition) is 0. The van der Waals surface area contributed by atoms with Crippen LogP contribution in [0.15, 0.2) is 0 Å². The predicted octanol–water partition coefficient (Wildman–Crippen LogP) is 0.642. The largest absolute Gasteiger partial charge is 0.303 e. The van der Waals surface area contributed by atoms with Crippen molar-refractivity contribution < 1.29 is 0 Å². The summed E-state index contributed by atoms with van der Waals surface area (Å²) in [7, 11) is 4.40. The molecule has 0 bridgehead atoms. The molecule has 60 valence electrons. The highest BCUT2D eigenvalue weighted by atomic mass is 15.3. The summed E-state index contributed by atoms with van der Waals surface area (Å²) in [5.41, 5.74) is 0. The summed E-state index contributed by atoms with van der Waals surface area (Å²) >= 11 is 0. The summed E-state index contributed by atoms with van der Waals surface area (Å²) in [6.07, 6.45) is 1.27. The van der Waals surface area contributed by atoms with E-state index in [9.17, 15) is 0 Å². The van der Waals surface area contributed by atoms with E-state index in [2.05, 4.69) is 30.8 Å². The molecular formula is C8H18N2.